The van der Waals surface area contributed by atoms with E-state index in [0.717, 1.165) is 23.8 Å². The van der Waals surface area contributed by atoms with Gasteiger partial charge in [-0.3, -0.25) is 14.6 Å². The number of likely N-dealkylation sites (tertiary alicyclic amines) is 2. The summed E-state index contributed by atoms with van der Waals surface area (Å²) in [5, 5.41) is 21.1. The first kappa shape index (κ1) is 41.4. The number of hydrogen-bond donors (Lipinski definition) is 1. The summed E-state index contributed by atoms with van der Waals surface area (Å²) in [6.07, 6.45) is -5.30. The number of halogens is 6. The number of thiophene rings is 1. The smallest absolute Gasteiger partial charge is 0.425 e. The number of rotatable bonds is 13. The van der Waals surface area contributed by atoms with Crippen molar-refractivity contribution in [1.82, 2.24) is 14.8 Å². The predicted octanol–water partition coefficient (Wildman–Crippen LogP) is 9.11. The Bertz CT molecular complexity index is 1880. The number of benzene rings is 1. The molecule has 0 aliphatic carbocycles. The normalized spacial score (nSPS) is 20.1. The fourth-order valence-corrected chi connectivity index (χ4v) is 8.18. The number of carbonyl (C=O) groups is 2. The molecule has 2 fully saturated rings. The first-order chi connectivity index (χ1) is 26.1. The maximum atomic E-state index is 15.0. The minimum absolute atomic E-state index is 0.0309. The molecular weight excluding hydrogens is 751 g/mol. The van der Waals surface area contributed by atoms with Gasteiger partial charge in [0.15, 0.2) is 0 Å². The number of carbonyl (C=O) groups excluding carboxylic acids is 2. The molecule has 4 heterocycles. The lowest BCUT2D eigenvalue weighted by molar-refractivity contribution is -0.160. The van der Waals surface area contributed by atoms with Gasteiger partial charge in [0.2, 0.25) is 5.60 Å². The molecule has 3 aromatic rings. The van der Waals surface area contributed by atoms with Crippen LogP contribution in [0.4, 0.5) is 26.3 Å². The third-order valence-electron chi connectivity index (χ3n) is 10.2. The molecule has 0 saturated carbocycles. The molecule has 2 aliphatic rings. The highest BCUT2D eigenvalue weighted by molar-refractivity contribution is 7.10. The Morgan fingerprint density at radius 3 is 2.44 bits per heavy atom. The topological polar surface area (TPSA) is 116 Å². The molecule has 2 aromatic heterocycles. The summed E-state index contributed by atoms with van der Waals surface area (Å²) in [6.45, 7) is 5.61. The maximum absolute atomic E-state index is 15.0. The fourth-order valence-electron chi connectivity index (χ4n) is 7.50. The maximum Gasteiger partial charge on any atom is 0.425 e. The lowest BCUT2D eigenvalue weighted by Crippen LogP contribution is -2.68. The average molecular weight is 793 g/mol. The zero-order valence-corrected chi connectivity index (χ0v) is 31.0. The van der Waals surface area contributed by atoms with Crippen molar-refractivity contribution in [2.75, 3.05) is 26.2 Å². The number of hydrogen-bond acceptors (Lipinski definition) is 8. The second-order valence-electron chi connectivity index (χ2n) is 13.8. The number of aliphatic hydroxyl groups is 1. The second-order valence-corrected chi connectivity index (χ2v) is 14.7. The zero-order chi connectivity index (χ0) is 40.0. The van der Waals surface area contributed by atoms with Crippen LogP contribution in [0.25, 0.3) is 0 Å². The van der Waals surface area contributed by atoms with Crippen LogP contribution in [0.5, 0.6) is 11.5 Å². The van der Waals surface area contributed by atoms with Crippen molar-refractivity contribution in [2.24, 2.45) is 0 Å². The molecule has 2 saturated heterocycles. The molecule has 1 N–H and O–H groups in total. The van der Waals surface area contributed by atoms with E-state index >= 15 is 0 Å². The number of para-hydroxylation sites is 1. The lowest BCUT2D eigenvalue weighted by Gasteiger charge is -2.51. The van der Waals surface area contributed by atoms with Gasteiger partial charge in [-0.1, -0.05) is 38.1 Å². The minimum atomic E-state index is -4.89. The number of nitrogens with zero attached hydrogens (tertiary/aromatic N) is 4. The summed E-state index contributed by atoms with van der Waals surface area (Å²) in [5.74, 6) is -1.33. The predicted molar refractivity (Wildman–Crippen MR) is 192 cm³/mol. The van der Waals surface area contributed by atoms with Crippen LogP contribution in [0, 0.1) is 11.3 Å². The number of unbranched alkanes of at least 4 members (excludes halogenated alkanes) is 1. The van der Waals surface area contributed by atoms with Crippen molar-refractivity contribution in [3.05, 3.63) is 88.1 Å². The van der Waals surface area contributed by atoms with E-state index in [1.54, 1.807) is 31.2 Å². The number of nitriles is 1. The van der Waals surface area contributed by atoms with Crippen molar-refractivity contribution in [2.45, 2.75) is 94.1 Å². The Morgan fingerprint density at radius 1 is 1.07 bits per heavy atom. The quantitative estimate of drug-likeness (QED) is 0.104. The number of ether oxygens (including phenoxy) is 2. The molecule has 0 unspecified atom stereocenters. The van der Waals surface area contributed by atoms with Crippen molar-refractivity contribution in [3.8, 4) is 17.6 Å². The molecule has 2 atom stereocenters. The van der Waals surface area contributed by atoms with Crippen LogP contribution in [-0.4, -0.2) is 69.6 Å². The molecule has 0 spiro atoms. The molecule has 5 rings (SSSR count). The van der Waals surface area contributed by atoms with E-state index in [-0.39, 0.29) is 63.2 Å². The molecule has 2 amide bonds. The van der Waals surface area contributed by atoms with Crippen LogP contribution in [0.15, 0.2) is 66.5 Å². The third-order valence-corrected chi connectivity index (χ3v) is 11.1. The third kappa shape index (κ3) is 9.03. The number of allylic oxidation sites excluding steroid dienone is 1. The molecule has 9 nitrogen and oxygen atoms in total. The number of pyridine rings is 1. The first-order valence-corrected chi connectivity index (χ1v) is 18.9. The van der Waals surface area contributed by atoms with E-state index in [1.807, 2.05) is 0 Å². The van der Waals surface area contributed by atoms with Crippen molar-refractivity contribution in [3.63, 3.8) is 0 Å². The molecular formula is C39H42F6N4O5S. The Balaban J connectivity index is 1.48. The molecule has 0 bridgehead atoms. The van der Waals surface area contributed by atoms with Crippen LogP contribution < -0.4 is 9.47 Å². The number of aliphatic hydroxyl groups excluding tert-OH is 1. The lowest BCUT2D eigenvalue weighted by atomic mass is 9.72. The van der Waals surface area contributed by atoms with Crippen LogP contribution in [-0.2, 0) is 22.6 Å². The van der Waals surface area contributed by atoms with Crippen LogP contribution >= 0.6 is 11.3 Å². The summed E-state index contributed by atoms with van der Waals surface area (Å²) in [6, 6.07) is 9.84. The zero-order valence-electron chi connectivity index (χ0n) is 30.2. The van der Waals surface area contributed by atoms with Crippen LogP contribution in [0.1, 0.15) is 91.1 Å². The molecule has 1 aromatic carbocycles. The Kier molecular flexibility index (Phi) is 12.7. The van der Waals surface area contributed by atoms with E-state index in [9.17, 15) is 46.3 Å². The van der Waals surface area contributed by atoms with E-state index in [4.69, 9.17) is 9.47 Å². The van der Waals surface area contributed by atoms with Gasteiger partial charge in [-0.2, -0.15) is 31.6 Å². The van der Waals surface area contributed by atoms with E-state index < -0.39 is 57.2 Å². The van der Waals surface area contributed by atoms with Gasteiger partial charge in [0.25, 0.3) is 11.8 Å². The summed E-state index contributed by atoms with van der Waals surface area (Å²) in [5.41, 5.74) is -4.33. The Hall–Kier alpha value is -4.78. The van der Waals surface area contributed by atoms with Gasteiger partial charge in [0.05, 0.1) is 41.0 Å². The molecule has 16 heteroatoms. The molecule has 0 radical (unpaired) electrons. The van der Waals surface area contributed by atoms with Gasteiger partial charge >= 0.3 is 12.4 Å². The minimum Gasteiger partial charge on any atom is -0.513 e. The fraction of sp³-hybridized carbons (Fsp3) is 0.487. The van der Waals surface area contributed by atoms with Crippen molar-refractivity contribution >= 4 is 23.2 Å². The van der Waals surface area contributed by atoms with Crippen LogP contribution in [0.2, 0.25) is 0 Å². The number of piperidine rings is 2. The largest absolute Gasteiger partial charge is 0.513 e. The van der Waals surface area contributed by atoms with Gasteiger partial charge < -0.3 is 24.4 Å². The highest BCUT2D eigenvalue weighted by Gasteiger charge is 2.57. The van der Waals surface area contributed by atoms with E-state index in [0.29, 0.717) is 61.0 Å². The van der Waals surface area contributed by atoms with Gasteiger partial charge in [0.1, 0.15) is 16.4 Å². The number of aromatic nitrogens is 1. The Morgan fingerprint density at radius 2 is 1.80 bits per heavy atom. The van der Waals surface area contributed by atoms with Crippen molar-refractivity contribution < 1.29 is 50.5 Å². The van der Waals surface area contributed by atoms with Crippen molar-refractivity contribution in [1.29, 1.82) is 5.26 Å². The highest BCUT2D eigenvalue weighted by atomic mass is 32.1. The SMILES string of the molecule is C=C(O)CCCCOc1ccccc1C1(C#N)CCN(C(=O)[C@]2(Oc3csc(C(F)(F)F)c3)CCCN(C(=O)c3cnccc3C(F)(F)F)[C@@H]2CCC)CC1. The second kappa shape index (κ2) is 16.9. The van der Waals surface area contributed by atoms with Gasteiger partial charge in [-0.15, -0.1) is 11.3 Å². The molecule has 296 valence electrons. The summed E-state index contributed by atoms with van der Waals surface area (Å²) < 4.78 is 95.7. The summed E-state index contributed by atoms with van der Waals surface area (Å²) in [4.78, 5) is 34.5. The molecule has 2 aliphatic heterocycles. The number of alkyl halides is 6. The monoisotopic (exact) mass is 792 g/mol. The van der Waals surface area contributed by atoms with Gasteiger partial charge in [-0.05, 0) is 50.7 Å². The van der Waals surface area contributed by atoms with E-state index in [1.165, 1.54) is 9.80 Å². The average Bonchev–Trinajstić information content (AvgIpc) is 3.64. The highest BCUT2D eigenvalue weighted by Crippen LogP contribution is 2.45. The summed E-state index contributed by atoms with van der Waals surface area (Å²) in [7, 11) is 0. The number of amides is 2. The Labute approximate surface area is 319 Å². The standard InChI is InChI=1S/C39H42F6N4O5S/c1-3-9-32-37(54-27-22-33(55-24-27)39(43,44)45,14-8-18-49(32)34(51)28-23-47-17-13-29(28)38(40,41)42)35(52)48-19-15-36(25-46,16-20-48)30-11-4-5-12-31(30)53-21-7-6-10-26(2)50/h4-5,11-13,17,22-24,32,50H,2-3,6-10,14-16,18-21H2,1H3/t32-,37+/m1/s1. The van der Waals surface area contributed by atoms with Gasteiger partial charge in [0, 0.05) is 61.9 Å². The van der Waals surface area contributed by atoms with Crippen LogP contribution in [0.3, 0.4) is 0 Å². The summed E-state index contributed by atoms with van der Waals surface area (Å²) >= 11 is 0.374. The first-order valence-electron chi connectivity index (χ1n) is 18.0. The molecule has 55 heavy (non-hydrogen) atoms. The van der Waals surface area contributed by atoms with E-state index in [2.05, 4.69) is 17.6 Å². The van der Waals surface area contributed by atoms with Gasteiger partial charge in [-0.25, -0.2) is 0 Å².